The molecule has 0 spiro atoms. The predicted molar refractivity (Wildman–Crippen MR) is 95.7 cm³/mol. The number of thiophene rings is 1. The average molecular weight is 341 g/mol. The Morgan fingerprint density at radius 2 is 2.00 bits per heavy atom. The maximum absolute atomic E-state index is 5.20. The number of anilines is 1. The largest absolute Gasteiger partial charge is 0.481 e. The summed E-state index contributed by atoms with van der Waals surface area (Å²) in [4.78, 5) is 17.8. The van der Waals surface area contributed by atoms with Gasteiger partial charge in [0.25, 0.3) is 0 Å². The lowest BCUT2D eigenvalue weighted by atomic mass is 10.2. The molecule has 0 aliphatic carbocycles. The van der Waals surface area contributed by atoms with E-state index < -0.39 is 0 Å². The fourth-order valence-electron chi connectivity index (χ4n) is 3.04. The Bertz CT molecular complexity index is 828. The van der Waals surface area contributed by atoms with Crippen LogP contribution >= 0.6 is 11.3 Å². The molecule has 7 heteroatoms. The number of aromatic nitrogens is 3. The number of nitrogens with zero attached hydrogens (tertiary/aromatic N) is 5. The van der Waals surface area contributed by atoms with Gasteiger partial charge in [0.1, 0.15) is 12.1 Å². The van der Waals surface area contributed by atoms with Gasteiger partial charge in [0, 0.05) is 45.0 Å². The van der Waals surface area contributed by atoms with Gasteiger partial charge in [0.15, 0.2) is 0 Å². The lowest BCUT2D eigenvalue weighted by Gasteiger charge is -2.35. The van der Waals surface area contributed by atoms with E-state index in [1.807, 2.05) is 6.07 Å². The summed E-state index contributed by atoms with van der Waals surface area (Å²) in [6, 6.07) is 6.11. The summed E-state index contributed by atoms with van der Waals surface area (Å²) in [5.41, 5.74) is 2.27. The third-order valence-electron chi connectivity index (χ3n) is 4.31. The molecule has 0 atom stereocenters. The van der Waals surface area contributed by atoms with Gasteiger partial charge in [-0.15, -0.1) is 11.3 Å². The highest BCUT2D eigenvalue weighted by atomic mass is 32.1. The second kappa shape index (κ2) is 6.70. The van der Waals surface area contributed by atoms with Crippen LogP contribution in [0.2, 0.25) is 0 Å². The van der Waals surface area contributed by atoms with Crippen LogP contribution in [0.1, 0.15) is 5.56 Å². The van der Waals surface area contributed by atoms with E-state index in [4.69, 9.17) is 4.74 Å². The molecule has 1 aliphatic rings. The van der Waals surface area contributed by atoms with Crippen molar-refractivity contribution in [1.82, 2.24) is 19.9 Å². The highest BCUT2D eigenvalue weighted by molar-refractivity contribution is 7.17. The van der Waals surface area contributed by atoms with E-state index >= 15 is 0 Å². The van der Waals surface area contributed by atoms with Gasteiger partial charge >= 0.3 is 0 Å². The molecule has 1 fully saturated rings. The van der Waals surface area contributed by atoms with E-state index in [9.17, 15) is 0 Å². The molecule has 4 heterocycles. The minimum absolute atomic E-state index is 0.673. The van der Waals surface area contributed by atoms with Gasteiger partial charge in [0.05, 0.1) is 17.3 Å². The van der Waals surface area contributed by atoms with Crippen LogP contribution in [0.5, 0.6) is 5.88 Å². The van der Waals surface area contributed by atoms with Crippen LogP contribution in [0.3, 0.4) is 0 Å². The number of rotatable bonds is 4. The summed E-state index contributed by atoms with van der Waals surface area (Å²) in [7, 11) is 1.65. The zero-order valence-corrected chi connectivity index (χ0v) is 14.4. The van der Waals surface area contributed by atoms with Crippen LogP contribution in [0.25, 0.3) is 10.2 Å². The molecular weight excluding hydrogens is 322 g/mol. The number of pyridine rings is 1. The number of hydrogen-bond donors (Lipinski definition) is 0. The van der Waals surface area contributed by atoms with Gasteiger partial charge in [-0.2, -0.15) is 0 Å². The summed E-state index contributed by atoms with van der Waals surface area (Å²) >= 11 is 1.71. The van der Waals surface area contributed by atoms with E-state index in [1.165, 1.54) is 10.3 Å². The topological polar surface area (TPSA) is 54.4 Å². The molecular formula is C17H19N5OS. The molecule has 6 nitrogen and oxygen atoms in total. The van der Waals surface area contributed by atoms with Crippen molar-refractivity contribution >= 4 is 27.4 Å². The lowest BCUT2D eigenvalue weighted by Crippen LogP contribution is -2.46. The van der Waals surface area contributed by atoms with Crippen LogP contribution in [0, 0.1) is 0 Å². The Kier molecular flexibility index (Phi) is 4.27. The monoisotopic (exact) mass is 341 g/mol. The quantitative estimate of drug-likeness (QED) is 0.726. The first-order valence-corrected chi connectivity index (χ1v) is 8.86. The van der Waals surface area contributed by atoms with Gasteiger partial charge in [-0.1, -0.05) is 0 Å². The maximum Gasteiger partial charge on any atom is 0.213 e. The van der Waals surface area contributed by atoms with Crippen molar-refractivity contribution in [3.8, 4) is 5.88 Å². The van der Waals surface area contributed by atoms with Crippen molar-refractivity contribution in [2.45, 2.75) is 6.54 Å². The first-order chi connectivity index (χ1) is 11.8. The SMILES string of the molecule is COc1cc(CN2CCN(c3ncnc4ccsc34)CC2)ccn1. The Balaban J connectivity index is 1.42. The first kappa shape index (κ1) is 15.3. The highest BCUT2D eigenvalue weighted by Gasteiger charge is 2.20. The molecule has 0 bridgehead atoms. The van der Waals surface area contributed by atoms with Crippen molar-refractivity contribution in [2.24, 2.45) is 0 Å². The fraction of sp³-hybridized carbons (Fsp3) is 0.353. The number of ether oxygens (including phenoxy) is 1. The Hall–Kier alpha value is -2.25. The minimum Gasteiger partial charge on any atom is -0.481 e. The first-order valence-electron chi connectivity index (χ1n) is 7.98. The van der Waals surface area contributed by atoms with Gasteiger partial charge < -0.3 is 9.64 Å². The van der Waals surface area contributed by atoms with E-state index in [1.54, 1.807) is 31.0 Å². The summed E-state index contributed by atoms with van der Waals surface area (Å²) < 4.78 is 6.39. The smallest absolute Gasteiger partial charge is 0.213 e. The lowest BCUT2D eigenvalue weighted by molar-refractivity contribution is 0.249. The summed E-state index contributed by atoms with van der Waals surface area (Å²) in [6.07, 6.45) is 3.47. The molecule has 0 N–H and O–H groups in total. The van der Waals surface area contributed by atoms with Crippen molar-refractivity contribution < 1.29 is 4.74 Å². The van der Waals surface area contributed by atoms with Crippen molar-refractivity contribution in [2.75, 3.05) is 38.2 Å². The van der Waals surface area contributed by atoms with E-state index in [0.29, 0.717) is 5.88 Å². The van der Waals surface area contributed by atoms with Crippen LogP contribution in [-0.2, 0) is 6.54 Å². The third kappa shape index (κ3) is 3.05. The number of methoxy groups -OCH3 is 1. The zero-order chi connectivity index (χ0) is 16.4. The molecule has 3 aromatic heterocycles. The van der Waals surface area contributed by atoms with E-state index in [2.05, 4.69) is 42.3 Å². The average Bonchev–Trinajstić information content (AvgIpc) is 3.11. The molecule has 4 rings (SSSR count). The number of piperazine rings is 1. The maximum atomic E-state index is 5.20. The second-order valence-corrected chi connectivity index (χ2v) is 6.72. The van der Waals surface area contributed by atoms with Crippen LogP contribution < -0.4 is 9.64 Å². The molecule has 0 radical (unpaired) electrons. The molecule has 1 aliphatic heterocycles. The molecule has 0 aromatic carbocycles. The number of hydrogen-bond acceptors (Lipinski definition) is 7. The van der Waals surface area contributed by atoms with E-state index in [-0.39, 0.29) is 0 Å². The Morgan fingerprint density at radius 3 is 2.83 bits per heavy atom. The van der Waals surface area contributed by atoms with Gasteiger partial charge in [-0.25, -0.2) is 15.0 Å². The molecule has 0 amide bonds. The van der Waals surface area contributed by atoms with Crippen molar-refractivity contribution in [3.05, 3.63) is 41.7 Å². The number of fused-ring (bicyclic) bond motifs is 1. The molecule has 1 saturated heterocycles. The normalized spacial score (nSPS) is 15.8. The zero-order valence-electron chi connectivity index (χ0n) is 13.6. The second-order valence-electron chi connectivity index (χ2n) is 5.80. The fourth-order valence-corrected chi connectivity index (χ4v) is 3.90. The van der Waals surface area contributed by atoms with Gasteiger partial charge in [-0.05, 0) is 23.1 Å². The predicted octanol–water partition coefficient (Wildman–Crippen LogP) is 2.42. The minimum atomic E-state index is 0.673. The van der Waals surface area contributed by atoms with Crippen LogP contribution in [0.15, 0.2) is 36.1 Å². The van der Waals surface area contributed by atoms with Crippen LogP contribution in [-0.4, -0.2) is 53.1 Å². The standard InChI is InChI=1S/C17H19N5OS/c1-23-15-10-13(2-4-18-15)11-21-5-7-22(8-6-21)17-16-14(3-9-24-16)19-12-20-17/h2-4,9-10,12H,5-8,11H2,1H3. The Labute approximate surface area is 144 Å². The molecule has 3 aromatic rings. The summed E-state index contributed by atoms with van der Waals surface area (Å²) in [6.45, 7) is 4.91. The van der Waals surface area contributed by atoms with Crippen molar-refractivity contribution in [1.29, 1.82) is 0 Å². The third-order valence-corrected chi connectivity index (χ3v) is 5.21. The van der Waals surface area contributed by atoms with Crippen molar-refractivity contribution in [3.63, 3.8) is 0 Å². The highest BCUT2D eigenvalue weighted by Crippen LogP contribution is 2.28. The Morgan fingerprint density at radius 1 is 1.12 bits per heavy atom. The van der Waals surface area contributed by atoms with Gasteiger partial charge in [0.2, 0.25) is 5.88 Å². The van der Waals surface area contributed by atoms with E-state index in [0.717, 1.165) is 44.1 Å². The molecule has 0 unspecified atom stereocenters. The molecule has 24 heavy (non-hydrogen) atoms. The summed E-state index contributed by atoms with van der Waals surface area (Å²) in [5.74, 6) is 1.74. The molecule has 124 valence electrons. The van der Waals surface area contributed by atoms with Gasteiger partial charge in [-0.3, -0.25) is 4.90 Å². The van der Waals surface area contributed by atoms with Crippen LogP contribution in [0.4, 0.5) is 5.82 Å². The summed E-state index contributed by atoms with van der Waals surface area (Å²) in [5, 5.41) is 2.08. The molecule has 0 saturated carbocycles.